The van der Waals surface area contributed by atoms with Crippen LogP contribution in [0, 0.1) is 11.3 Å². The van der Waals surface area contributed by atoms with E-state index in [0.717, 1.165) is 0 Å². The fourth-order valence-electron chi connectivity index (χ4n) is 1.69. The fourth-order valence-corrected chi connectivity index (χ4v) is 1.69. The Morgan fingerprint density at radius 2 is 2.07 bits per heavy atom. The minimum absolute atomic E-state index is 0.0158. The van der Waals surface area contributed by atoms with E-state index >= 15 is 0 Å². The van der Waals surface area contributed by atoms with Crippen molar-refractivity contribution in [2.75, 3.05) is 6.61 Å². The van der Waals surface area contributed by atoms with Crippen LogP contribution in [0.5, 0.6) is 0 Å². The monoisotopic (exact) mass is 213 g/mol. The maximum Gasteiger partial charge on any atom is 0.220 e. The molecule has 1 aliphatic carbocycles. The van der Waals surface area contributed by atoms with Gasteiger partial charge in [-0.1, -0.05) is 20.8 Å². The summed E-state index contributed by atoms with van der Waals surface area (Å²) in [6.07, 6.45) is 3.71. The summed E-state index contributed by atoms with van der Waals surface area (Å²) in [5.41, 5.74) is 0.0158. The zero-order valence-electron chi connectivity index (χ0n) is 10.0. The van der Waals surface area contributed by atoms with Crippen LogP contribution in [-0.2, 0) is 4.79 Å². The third-order valence-electron chi connectivity index (χ3n) is 2.97. The molecule has 0 aromatic heterocycles. The SMILES string of the molecule is CC(C)(C)C(CCO)NC(=O)CC1CC1. The molecule has 1 fully saturated rings. The summed E-state index contributed by atoms with van der Waals surface area (Å²) in [5, 5.41) is 12.0. The second-order valence-electron chi connectivity index (χ2n) is 5.65. The molecular formula is C12H23NO2. The molecule has 0 bridgehead atoms. The second-order valence-corrected chi connectivity index (χ2v) is 5.65. The van der Waals surface area contributed by atoms with Crippen molar-refractivity contribution >= 4 is 5.91 Å². The zero-order valence-corrected chi connectivity index (χ0v) is 10.0. The summed E-state index contributed by atoms with van der Waals surface area (Å²) in [6, 6.07) is 0.0775. The molecule has 3 heteroatoms. The van der Waals surface area contributed by atoms with Gasteiger partial charge >= 0.3 is 0 Å². The van der Waals surface area contributed by atoms with E-state index < -0.39 is 0 Å². The summed E-state index contributed by atoms with van der Waals surface area (Å²) >= 11 is 0. The van der Waals surface area contributed by atoms with E-state index in [9.17, 15) is 4.79 Å². The van der Waals surface area contributed by atoms with Gasteiger partial charge in [-0.15, -0.1) is 0 Å². The molecule has 1 unspecified atom stereocenters. The largest absolute Gasteiger partial charge is 0.396 e. The zero-order chi connectivity index (χ0) is 11.5. The van der Waals surface area contributed by atoms with Crippen molar-refractivity contribution in [1.82, 2.24) is 5.32 Å². The first-order chi connectivity index (χ1) is 6.93. The normalized spacial score (nSPS) is 18.7. The van der Waals surface area contributed by atoms with Gasteiger partial charge < -0.3 is 10.4 Å². The molecule has 0 saturated heterocycles. The second kappa shape index (κ2) is 4.97. The van der Waals surface area contributed by atoms with Gasteiger partial charge in [-0.2, -0.15) is 0 Å². The Morgan fingerprint density at radius 1 is 1.47 bits per heavy atom. The van der Waals surface area contributed by atoms with Gasteiger partial charge in [-0.05, 0) is 30.6 Å². The number of rotatable bonds is 5. The third-order valence-corrected chi connectivity index (χ3v) is 2.97. The number of aliphatic hydroxyl groups excluding tert-OH is 1. The van der Waals surface area contributed by atoms with E-state index in [-0.39, 0.29) is 24.0 Å². The molecular weight excluding hydrogens is 190 g/mol. The Kier molecular flexibility index (Phi) is 4.14. The number of carbonyl (C=O) groups is 1. The van der Waals surface area contributed by atoms with Crippen LogP contribution in [0.15, 0.2) is 0 Å². The standard InChI is InChI=1S/C12H23NO2/c1-12(2,3)10(6-7-14)13-11(15)8-9-4-5-9/h9-10,14H,4-8H2,1-3H3,(H,13,15). The number of carbonyl (C=O) groups excluding carboxylic acids is 1. The molecule has 0 spiro atoms. The molecule has 1 amide bonds. The Hall–Kier alpha value is -0.570. The lowest BCUT2D eigenvalue weighted by Crippen LogP contribution is -2.44. The maximum absolute atomic E-state index is 11.6. The van der Waals surface area contributed by atoms with Crippen LogP contribution in [0.25, 0.3) is 0 Å². The van der Waals surface area contributed by atoms with E-state index in [2.05, 4.69) is 26.1 Å². The molecule has 0 heterocycles. The smallest absolute Gasteiger partial charge is 0.220 e. The number of hydrogen-bond acceptors (Lipinski definition) is 2. The Balaban J connectivity index is 2.38. The molecule has 0 aliphatic heterocycles. The van der Waals surface area contributed by atoms with Crippen LogP contribution in [0.3, 0.4) is 0 Å². The van der Waals surface area contributed by atoms with Crippen molar-refractivity contribution in [1.29, 1.82) is 0 Å². The average molecular weight is 213 g/mol. The highest BCUT2D eigenvalue weighted by Gasteiger charge is 2.29. The van der Waals surface area contributed by atoms with Gasteiger partial charge in [0.2, 0.25) is 5.91 Å². The maximum atomic E-state index is 11.6. The lowest BCUT2D eigenvalue weighted by molar-refractivity contribution is -0.123. The number of amides is 1. The van der Waals surface area contributed by atoms with Crippen molar-refractivity contribution < 1.29 is 9.90 Å². The van der Waals surface area contributed by atoms with E-state index in [1.807, 2.05) is 0 Å². The predicted molar refractivity (Wildman–Crippen MR) is 60.4 cm³/mol. The lowest BCUT2D eigenvalue weighted by Gasteiger charge is -2.31. The van der Waals surface area contributed by atoms with Crippen molar-refractivity contribution in [2.24, 2.45) is 11.3 Å². The summed E-state index contributed by atoms with van der Waals surface area (Å²) in [5.74, 6) is 0.769. The molecule has 1 rings (SSSR count). The molecule has 0 aromatic rings. The minimum Gasteiger partial charge on any atom is -0.396 e. The van der Waals surface area contributed by atoms with Gasteiger partial charge in [-0.3, -0.25) is 4.79 Å². The van der Waals surface area contributed by atoms with Crippen LogP contribution < -0.4 is 5.32 Å². The lowest BCUT2D eigenvalue weighted by atomic mass is 9.85. The van der Waals surface area contributed by atoms with Crippen LogP contribution >= 0.6 is 0 Å². The van der Waals surface area contributed by atoms with Crippen molar-refractivity contribution in [3.05, 3.63) is 0 Å². The number of nitrogens with one attached hydrogen (secondary N) is 1. The molecule has 1 saturated carbocycles. The molecule has 88 valence electrons. The molecule has 1 aliphatic rings. The highest BCUT2D eigenvalue weighted by atomic mass is 16.3. The highest BCUT2D eigenvalue weighted by Crippen LogP contribution is 2.32. The van der Waals surface area contributed by atoms with E-state index in [0.29, 0.717) is 18.8 Å². The summed E-state index contributed by atoms with van der Waals surface area (Å²) < 4.78 is 0. The Labute approximate surface area is 92.3 Å². The minimum atomic E-state index is 0.0158. The quantitative estimate of drug-likeness (QED) is 0.730. The fraction of sp³-hybridized carbons (Fsp3) is 0.917. The van der Waals surface area contributed by atoms with Crippen LogP contribution in [0.4, 0.5) is 0 Å². The molecule has 1 atom stereocenters. The first-order valence-electron chi connectivity index (χ1n) is 5.83. The van der Waals surface area contributed by atoms with Gasteiger partial charge in [0.1, 0.15) is 0 Å². The third kappa shape index (κ3) is 4.65. The molecule has 0 radical (unpaired) electrons. The van der Waals surface area contributed by atoms with E-state index in [4.69, 9.17) is 5.11 Å². The van der Waals surface area contributed by atoms with Crippen LogP contribution in [-0.4, -0.2) is 23.7 Å². The van der Waals surface area contributed by atoms with Crippen LogP contribution in [0.1, 0.15) is 46.5 Å². The topological polar surface area (TPSA) is 49.3 Å². The number of hydrogen-bond donors (Lipinski definition) is 2. The molecule has 2 N–H and O–H groups in total. The summed E-state index contributed by atoms with van der Waals surface area (Å²) in [7, 11) is 0. The van der Waals surface area contributed by atoms with Crippen molar-refractivity contribution in [3.63, 3.8) is 0 Å². The van der Waals surface area contributed by atoms with Crippen molar-refractivity contribution in [3.8, 4) is 0 Å². The number of aliphatic hydroxyl groups is 1. The first-order valence-corrected chi connectivity index (χ1v) is 5.83. The van der Waals surface area contributed by atoms with Crippen molar-refractivity contribution in [2.45, 2.75) is 52.5 Å². The average Bonchev–Trinajstić information content (AvgIpc) is 2.85. The summed E-state index contributed by atoms with van der Waals surface area (Å²) in [6.45, 7) is 6.39. The Morgan fingerprint density at radius 3 is 2.47 bits per heavy atom. The van der Waals surface area contributed by atoms with Gasteiger partial charge in [-0.25, -0.2) is 0 Å². The molecule has 3 nitrogen and oxygen atoms in total. The predicted octanol–water partition coefficient (Wildman–Crippen LogP) is 1.70. The first kappa shape index (κ1) is 12.5. The van der Waals surface area contributed by atoms with Gasteiger partial charge in [0.25, 0.3) is 0 Å². The highest BCUT2D eigenvalue weighted by molar-refractivity contribution is 5.76. The molecule has 15 heavy (non-hydrogen) atoms. The Bertz CT molecular complexity index is 216. The van der Waals surface area contributed by atoms with Crippen LogP contribution in [0.2, 0.25) is 0 Å². The van der Waals surface area contributed by atoms with Gasteiger partial charge in [0.15, 0.2) is 0 Å². The van der Waals surface area contributed by atoms with Gasteiger partial charge in [0.05, 0.1) is 0 Å². The van der Waals surface area contributed by atoms with E-state index in [1.165, 1.54) is 12.8 Å². The van der Waals surface area contributed by atoms with Gasteiger partial charge in [0, 0.05) is 19.1 Å². The van der Waals surface area contributed by atoms with E-state index in [1.54, 1.807) is 0 Å². The molecule has 0 aromatic carbocycles. The summed E-state index contributed by atoms with van der Waals surface area (Å²) in [4.78, 5) is 11.6.